The number of amides is 2. The number of hydrogen-bond acceptors (Lipinski definition) is 3. The van der Waals surface area contributed by atoms with Crippen molar-refractivity contribution in [3.8, 4) is 0 Å². The SMILES string of the molecule is CCS(=O)C1CCCC(NC(=O)NCc2ccco2)C1. The van der Waals surface area contributed by atoms with Crippen molar-refractivity contribution >= 4 is 16.8 Å². The standard InChI is InChI=1S/C14H22N2O3S/c1-2-20(18)13-7-3-5-11(9-13)16-14(17)15-10-12-6-4-8-19-12/h4,6,8,11,13H,2-3,5,7,9-10H2,1H3,(H2,15,16,17). The van der Waals surface area contributed by atoms with Crippen molar-refractivity contribution in [2.45, 2.75) is 50.4 Å². The van der Waals surface area contributed by atoms with E-state index in [4.69, 9.17) is 4.42 Å². The highest BCUT2D eigenvalue weighted by atomic mass is 32.2. The Hall–Kier alpha value is -1.30. The van der Waals surface area contributed by atoms with Gasteiger partial charge >= 0.3 is 6.03 Å². The van der Waals surface area contributed by atoms with Crippen LogP contribution in [0.25, 0.3) is 0 Å². The summed E-state index contributed by atoms with van der Waals surface area (Å²) >= 11 is 0. The molecule has 0 bridgehead atoms. The average molecular weight is 298 g/mol. The van der Waals surface area contributed by atoms with E-state index in [0.717, 1.165) is 31.4 Å². The van der Waals surface area contributed by atoms with Crippen LogP contribution in [0.1, 0.15) is 38.4 Å². The third-order valence-corrected chi connectivity index (χ3v) is 5.36. The third-order valence-electron chi connectivity index (χ3n) is 3.62. The minimum Gasteiger partial charge on any atom is -0.467 e. The van der Waals surface area contributed by atoms with Gasteiger partial charge in [-0.25, -0.2) is 4.79 Å². The van der Waals surface area contributed by atoms with E-state index >= 15 is 0 Å². The second kappa shape index (κ2) is 7.47. The second-order valence-electron chi connectivity index (χ2n) is 5.06. The van der Waals surface area contributed by atoms with Crippen LogP contribution in [0.15, 0.2) is 22.8 Å². The van der Waals surface area contributed by atoms with Crippen molar-refractivity contribution in [2.75, 3.05) is 5.75 Å². The summed E-state index contributed by atoms with van der Waals surface area (Å²) in [5.41, 5.74) is 0. The first-order valence-corrected chi connectivity index (χ1v) is 8.51. The molecule has 1 aliphatic carbocycles. The van der Waals surface area contributed by atoms with E-state index in [-0.39, 0.29) is 17.3 Å². The van der Waals surface area contributed by atoms with Crippen LogP contribution in [0.3, 0.4) is 0 Å². The van der Waals surface area contributed by atoms with E-state index in [9.17, 15) is 9.00 Å². The average Bonchev–Trinajstić information content (AvgIpc) is 2.98. The van der Waals surface area contributed by atoms with Gasteiger partial charge in [0, 0.05) is 27.8 Å². The molecule has 2 rings (SSSR count). The molecular weight excluding hydrogens is 276 g/mol. The van der Waals surface area contributed by atoms with E-state index in [0.29, 0.717) is 12.3 Å². The molecule has 0 spiro atoms. The summed E-state index contributed by atoms with van der Waals surface area (Å²) in [6.45, 7) is 2.33. The summed E-state index contributed by atoms with van der Waals surface area (Å²) in [6.07, 6.45) is 5.40. The Balaban J connectivity index is 1.74. The fraction of sp³-hybridized carbons (Fsp3) is 0.643. The lowest BCUT2D eigenvalue weighted by Crippen LogP contribution is -2.45. The van der Waals surface area contributed by atoms with Gasteiger partial charge in [-0.3, -0.25) is 4.21 Å². The Morgan fingerprint density at radius 2 is 2.35 bits per heavy atom. The van der Waals surface area contributed by atoms with Gasteiger partial charge in [0.15, 0.2) is 0 Å². The molecule has 3 unspecified atom stereocenters. The molecule has 0 radical (unpaired) electrons. The van der Waals surface area contributed by atoms with E-state index in [1.54, 1.807) is 12.3 Å². The van der Waals surface area contributed by atoms with Crippen molar-refractivity contribution in [3.05, 3.63) is 24.2 Å². The number of carbonyl (C=O) groups is 1. The zero-order valence-corrected chi connectivity index (χ0v) is 12.6. The molecule has 5 nitrogen and oxygen atoms in total. The first-order chi connectivity index (χ1) is 9.69. The topological polar surface area (TPSA) is 71.3 Å². The maximum Gasteiger partial charge on any atom is 0.315 e. The lowest BCUT2D eigenvalue weighted by atomic mass is 9.95. The summed E-state index contributed by atoms with van der Waals surface area (Å²) in [5, 5.41) is 5.96. The molecule has 20 heavy (non-hydrogen) atoms. The predicted octanol–water partition coefficient (Wildman–Crippen LogP) is 2.16. The van der Waals surface area contributed by atoms with Gasteiger partial charge in [0.1, 0.15) is 5.76 Å². The quantitative estimate of drug-likeness (QED) is 0.875. The highest BCUT2D eigenvalue weighted by molar-refractivity contribution is 7.85. The smallest absolute Gasteiger partial charge is 0.315 e. The van der Waals surface area contributed by atoms with Gasteiger partial charge in [0.25, 0.3) is 0 Å². The number of urea groups is 1. The maximum absolute atomic E-state index is 11.8. The lowest BCUT2D eigenvalue weighted by molar-refractivity contribution is 0.231. The zero-order chi connectivity index (χ0) is 14.4. The van der Waals surface area contributed by atoms with Gasteiger partial charge in [-0.1, -0.05) is 13.3 Å². The summed E-state index contributed by atoms with van der Waals surface area (Å²) in [6, 6.07) is 3.55. The number of rotatable bonds is 5. The van der Waals surface area contributed by atoms with E-state index < -0.39 is 10.8 Å². The van der Waals surface area contributed by atoms with Crippen LogP contribution in [-0.4, -0.2) is 27.3 Å². The molecular formula is C14H22N2O3S. The molecule has 1 aromatic heterocycles. The third kappa shape index (κ3) is 4.37. The van der Waals surface area contributed by atoms with Crippen molar-refractivity contribution in [3.63, 3.8) is 0 Å². The molecule has 1 aromatic rings. The van der Waals surface area contributed by atoms with Gasteiger partial charge in [-0.15, -0.1) is 0 Å². The van der Waals surface area contributed by atoms with Crippen LogP contribution in [0.4, 0.5) is 4.79 Å². The minimum atomic E-state index is -0.764. The fourth-order valence-electron chi connectivity index (χ4n) is 2.57. The minimum absolute atomic E-state index is 0.126. The molecule has 2 N–H and O–H groups in total. The number of nitrogens with one attached hydrogen (secondary N) is 2. The van der Waals surface area contributed by atoms with Gasteiger partial charge in [-0.05, 0) is 31.4 Å². The van der Waals surface area contributed by atoms with Crippen LogP contribution >= 0.6 is 0 Å². The Labute approximate surface area is 122 Å². The fourth-order valence-corrected chi connectivity index (χ4v) is 3.92. The highest BCUT2D eigenvalue weighted by Gasteiger charge is 2.26. The summed E-state index contributed by atoms with van der Waals surface area (Å²) in [5.74, 6) is 1.43. The van der Waals surface area contributed by atoms with Crippen LogP contribution in [0.2, 0.25) is 0 Å². The Morgan fingerprint density at radius 1 is 1.50 bits per heavy atom. The van der Waals surface area contributed by atoms with Crippen molar-refractivity contribution in [2.24, 2.45) is 0 Å². The second-order valence-corrected chi connectivity index (χ2v) is 7.07. The number of hydrogen-bond donors (Lipinski definition) is 2. The monoisotopic (exact) mass is 298 g/mol. The molecule has 1 aliphatic rings. The molecule has 0 aliphatic heterocycles. The van der Waals surface area contributed by atoms with Crippen molar-refractivity contribution < 1.29 is 13.4 Å². The van der Waals surface area contributed by atoms with Crippen LogP contribution in [0, 0.1) is 0 Å². The molecule has 6 heteroatoms. The van der Waals surface area contributed by atoms with Crippen molar-refractivity contribution in [1.29, 1.82) is 0 Å². The molecule has 2 amide bonds. The van der Waals surface area contributed by atoms with Crippen LogP contribution in [-0.2, 0) is 17.3 Å². The van der Waals surface area contributed by atoms with E-state index in [1.165, 1.54) is 0 Å². The number of furan rings is 1. The largest absolute Gasteiger partial charge is 0.467 e. The highest BCUT2D eigenvalue weighted by Crippen LogP contribution is 2.22. The first-order valence-electron chi connectivity index (χ1n) is 7.13. The summed E-state index contributed by atoms with van der Waals surface area (Å²) < 4.78 is 17.0. The van der Waals surface area contributed by atoms with Crippen LogP contribution in [0.5, 0.6) is 0 Å². The van der Waals surface area contributed by atoms with E-state index in [2.05, 4.69) is 10.6 Å². The molecule has 3 atom stereocenters. The molecule has 112 valence electrons. The molecule has 1 heterocycles. The Bertz CT molecular complexity index is 447. The molecule has 0 aromatic carbocycles. The van der Waals surface area contributed by atoms with Gasteiger partial charge in [-0.2, -0.15) is 0 Å². The van der Waals surface area contributed by atoms with E-state index in [1.807, 2.05) is 13.0 Å². The summed E-state index contributed by atoms with van der Waals surface area (Å²) in [7, 11) is -0.764. The molecule has 0 saturated heterocycles. The normalized spacial score (nSPS) is 24.1. The number of carbonyl (C=O) groups excluding carboxylic acids is 1. The molecule has 1 saturated carbocycles. The maximum atomic E-state index is 11.8. The predicted molar refractivity (Wildman–Crippen MR) is 78.8 cm³/mol. The van der Waals surface area contributed by atoms with Crippen LogP contribution < -0.4 is 10.6 Å². The Morgan fingerprint density at radius 3 is 3.05 bits per heavy atom. The van der Waals surface area contributed by atoms with Crippen molar-refractivity contribution in [1.82, 2.24) is 10.6 Å². The molecule has 1 fully saturated rings. The zero-order valence-electron chi connectivity index (χ0n) is 11.8. The van der Waals surface area contributed by atoms with Gasteiger partial charge in [0.2, 0.25) is 0 Å². The first kappa shape index (κ1) is 15.1. The lowest BCUT2D eigenvalue weighted by Gasteiger charge is -2.29. The van der Waals surface area contributed by atoms with Gasteiger partial charge < -0.3 is 15.1 Å². The van der Waals surface area contributed by atoms with Gasteiger partial charge in [0.05, 0.1) is 12.8 Å². The summed E-state index contributed by atoms with van der Waals surface area (Å²) in [4.78, 5) is 11.8. The Kier molecular flexibility index (Phi) is 5.64.